The van der Waals surface area contributed by atoms with Crippen molar-refractivity contribution >= 4 is 11.6 Å². The predicted molar refractivity (Wildman–Crippen MR) is 97.7 cm³/mol. The van der Waals surface area contributed by atoms with E-state index in [0.29, 0.717) is 12.5 Å². The molecule has 2 aliphatic rings. The number of likely N-dealkylation sites (tertiary alicyclic amines) is 1. The third-order valence-electron chi connectivity index (χ3n) is 5.61. The molecule has 0 bridgehead atoms. The second kappa shape index (κ2) is 7.15. The minimum Gasteiger partial charge on any atom is -0.370 e. The highest BCUT2D eigenvalue weighted by Gasteiger charge is 2.36. The molecule has 25 heavy (non-hydrogen) atoms. The maximum atomic E-state index is 12.6. The van der Waals surface area contributed by atoms with Crippen molar-refractivity contribution in [1.82, 2.24) is 20.0 Å². The summed E-state index contributed by atoms with van der Waals surface area (Å²) in [7, 11) is 1.65. The number of amides is 1. The molecule has 2 fully saturated rings. The van der Waals surface area contributed by atoms with Gasteiger partial charge in [0.05, 0.1) is 17.4 Å². The van der Waals surface area contributed by atoms with Crippen LogP contribution in [-0.2, 0) is 11.8 Å². The molecular formula is C18H29N5O2. The van der Waals surface area contributed by atoms with E-state index in [4.69, 9.17) is 0 Å². The van der Waals surface area contributed by atoms with Gasteiger partial charge in [0.15, 0.2) is 0 Å². The maximum Gasteiger partial charge on any atom is 0.268 e. The zero-order valence-electron chi connectivity index (χ0n) is 15.5. The van der Waals surface area contributed by atoms with Crippen molar-refractivity contribution in [2.24, 2.45) is 13.0 Å². The molecule has 3 heterocycles. The van der Waals surface area contributed by atoms with E-state index in [9.17, 15) is 9.59 Å². The van der Waals surface area contributed by atoms with Gasteiger partial charge in [-0.3, -0.25) is 14.5 Å². The van der Waals surface area contributed by atoms with Crippen molar-refractivity contribution in [3.63, 3.8) is 0 Å². The SMILES string of the molecule is Cn1ncc(N2CC[C@@H](CNC(=O)C(C)(C)N3CCCC3)C2)cc1=O. The largest absolute Gasteiger partial charge is 0.370 e. The molecule has 0 aliphatic carbocycles. The molecule has 1 N–H and O–H groups in total. The number of aryl methyl sites for hydroxylation is 1. The summed E-state index contributed by atoms with van der Waals surface area (Å²) in [6, 6.07) is 1.63. The first-order valence-corrected chi connectivity index (χ1v) is 9.19. The quantitative estimate of drug-likeness (QED) is 0.844. The van der Waals surface area contributed by atoms with E-state index >= 15 is 0 Å². The molecule has 2 saturated heterocycles. The summed E-state index contributed by atoms with van der Waals surface area (Å²) in [4.78, 5) is 28.8. The molecule has 1 amide bonds. The minimum atomic E-state index is -0.440. The van der Waals surface area contributed by atoms with Crippen LogP contribution in [0.1, 0.15) is 33.1 Å². The van der Waals surface area contributed by atoms with Crippen LogP contribution in [0.4, 0.5) is 5.69 Å². The van der Waals surface area contributed by atoms with Crippen LogP contribution in [0.15, 0.2) is 17.1 Å². The molecule has 138 valence electrons. The van der Waals surface area contributed by atoms with Crippen molar-refractivity contribution in [1.29, 1.82) is 0 Å². The molecule has 0 saturated carbocycles. The molecule has 2 aliphatic heterocycles. The summed E-state index contributed by atoms with van der Waals surface area (Å²) >= 11 is 0. The summed E-state index contributed by atoms with van der Waals surface area (Å²) in [6.45, 7) is 8.47. The zero-order valence-corrected chi connectivity index (χ0v) is 15.5. The Kier molecular flexibility index (Phi) is 5.13. The first kappa shape index (κ1) is 17.9. The van der Waals surface area contributed by atoms with Gasteiger partial charge in [-0.15, -0.1) is 0 Å². The van der Waals surface area contributed by atoms with E-state index in [1.54, 1.807) is 19.3 Å². The van der Waals surface area contributed by atoms with Gasteiger partial charge in [0, 0.05) is 32.7 Å². The van der Waals surface area contributed by atoms with Gasteiger partial charge in [0.25, 0.3) is 5.56 Å². The summed E-state index contributed by atoms with van der Waals surface area (Å²) in [6.07, 6.45) is 5.11. The van der Waals surface area contributed by atoms with Gasteiger partial charge in [-0.05, 0) is 52.1 Å². The van der Waals surface area contributed by atoms with E-state index in [2.05, 4.69) is 20.2 Å². The normalized spacial score (nSPS) is 21.7. The van der Waals surface area contributed by atoms with Gasteiger partial charge < -0.3 is 10.2 Å². The maximum absolute atomic E-state index is 12.6. The lowest BCUT2D eigenvalue weighted by atomic mass is 10.0. The summed E-state index contributed by atoms with van der Waals surface area (Å²) < 4.78 is 1.33. The Bertz CT molecular complexity index is 678. The molecule has 0 unspecified atom stereocenters. The smallest absolute Gasteiger partial charge is 0.268 e. The van der Waals surface area contributed by atoms with E-state index in [1.165, 1.54) is 17.5 Å². The third kappa shape index (κ3) is 3.86. The Labute approximate surface area is 149 Å². The zero-order chi connectivity index (χ0) is 18.0. The van der Waals surface area contributed by atoms with Gasteiger partial charge in [0.2, 0.25) is 5.91 Å². The Morgan fingerprint density at radius 3 is 2.72 bits per heavy atom. The number of carbonyl (C=O) groups excluding carboxylic acids is 1. The highest BCUT2D eigenvalue weighted by atomic mass is 16.2. The predicted octanol–water partition coefficient (Wildman–Crippen LogP) is 0.597. The molecule has 0 aromatic carbocycles. The topological polar surface area (TPSA) is 70.5 Å². The van der Waals surface area contributed by atoms with E-state index in [1.807, 2.05) is 13.8 Å². The first-order chi connectivity index (χ1) is 11.9. The summed E-state index contributed by atoms with van der Waals surface area (Å²) in [5, 5.41) is 7.23. The number of nitrogens with one attached hydrogen (secondary N) is 1. The average Bonchev–Trinajstić information content (AvgIpc) is 3.27. The fraction of sp³-hybridized carbons (Fsp3) is 0.722. The number of nitrogens with zero attached hydrogens (tertiary/aromatic N) is 4. The van der Waals surface area contributed by atoms with Crippen LogP contribution in [-0.4, -0.2) is 58.9 Å². The number of aromatic nitrogens is 2. The second-order valence-corrected chi connectivity index (χ2v) is 7.74. The van der Waals surface area contributed by atoms with Crippen LogP contribution in [0.5, 0.6) is 0 Å². The van der Waals surface area contributed by atoms with Crippen LogP contribution in [0.2, 0.25) is 0 Å². The molecule has 1 atom stereocenters. The fourth-order valence-corrected chi connectivity index (χ4v) is 3.74. The summed E-state index contributed by atoms with van der Waals surface area (Å²) in [5.41, 5.74) is 0.334. The number of rotatable bonds is 5. The number of anilines is 1. The molecule has 0 spiro atoms. The van der Waals surface area contributed by atoms with Crippen molar-refractivity contribution < 1.29 is 4.79 Å². The van der Waals surface area contributed by atoms with Gasteiger partial charge >= 0.3 is 0 Å². The molecular weight excluding hydrogens is 318 g/mol. The molecule has 3 rings (SSSR count). The van der Waals surface area contributed by atoms with Crippen molar-refractivity contribution in [3.05, 3.63) is 22.6 Å². The Morgan fingerprint density at radius 2 is 2.04 bits per heavy atom. The molecule has 7 nitrogen and oxygen atoms in total. The Morgan fingerprint density at radius 1 is 1.32 bits per heavy atom. The van der Waals surface area contributed by atoms with Crippen LogP contribution in [0, 0.1) is 5.92 Å². The third-order valence-corrected chi connectivity index (χ3v) is 5.61. The van der Waals surface area contributed by atoms with Crippen LogP contribution >= 0.6 is 0 Å². The first-order valence-electron chi connectivity index (χ1n) is 9.19. The lowest BCUT2D eigenvalue weighted by molar-refractivity contribution is -0.131. The Balaban J connectivity index is 1.52. The lowest BCUT2D eigenvalue weighted by Gasteiger charge is -2.34. The fourth-order valence-electron chi connectivity index (χ4n) is 3.74. The van der Waals surface area contributed by atoms with Crippen LogP contribution in [0.3, 0.4) is 0 Å². The monoisotopic (exact) mass is 347 g/mol. The molecule has 1 aromatic rings. The Hall–Kier alpha value is -1.89. The molecule has 7 heteroatoms. The van der Waals surface area contributed by atoms with Gasteiger partial charge in [-0.25, -0.2) is 4.68 Å². The highest BCUT2D eigenvalue weighted by molar-refractivity contribution is 5.85. The van der Waals surface area contributed by atoms with E-state index in [0.717, 1.165) is 38.3 Å². The van der Waals surface area contributed by atoms with Crippen molar-refractivity contribution in [3.8, 4) is 0 Å². The van der Waals surface area contributed by atoms with E-state index in [-0.39, 0.29) is 11.5 Å². The number of hydrogen-bond acceptors (Lipinski definition) is 5. The standard InChI is InChI=1S/C18H29N5O2/c1-18(2,23-7-4-5-8-23)17(25)19-11-14-6-9-22(13-14)15-10-16(24)21(3)20-12-15/h10,12,14H,4-9,11,13H2,1-3H3,(H,19,25)/t14-/m0/s1. The van der Waals surface area contributed by atoms with Crippen LogP contribution in [0.25, 0.3) is 0 Å². The van der Waals surface area contributed by atoms with Crippen LogP contribution < -0.4 is 15.8 Å². The second-order valence-electron chi connectivity index (χ2n) is 7.74. The number of carbonyl (C=O) groups is 1. The highest BCUT2D eigenvalue weighted by Crippen LogP contribution is 2.23. The van der Waals surface area contributed by atoms with Gasteiger partial charge in [-0.1, -0.05) is 0 Å². The summed E-state index contributed by atoms with van der Waals surface area (Å²) in [5.74, 6) is 0.519. The van der Waals surface area contributed by atoms with Gasteiger partial charge in [0.1, 0.15) is 0 Å². The van der Waals surface area contributed by atoms with Crippen molar-refractivity contribution in [2.75, 3.05) is 37.6 Å². The average molecular weight is 347 g/mol. The van der Waals surface area contributed by atoms with E-state index < -0.39 is 5.54 Å². The molecule has 0 radical (unpaired) electrons. The van der Waals surface area contributed by atoms with Gasteiger partial charge in [-0.2, -0.15) is 5.10 Å². The lowest BCUT2D eigenvalue weighted by Crippen LogP contribution is -2.54. The minimum absolute atomic E-state index is 0.0957. The molecule has 1 aromatic heterocycles. The van der Waals surface area contributed by atoms with Crippen molar-refractivity contribution in [2.45, 2.75) is 38.6 Å². The number of hydrogen-bond donors (Lipinski definition) is 1.